The predicted molar refractivity (Wildman–Crippen MR) is 125 cm³/mol. The highest BCUT2D eigenvalue weighted by molar-refractivity contribution is 6.35. The zero-order valence-corrected chi connectivity index (χ0v) is 19.7. The number of hydrogen-bond donors (Lipinski definition) is 1. The van der Waals surface area contributed by atoms with Gasteiger partial charge < -0.3 is 10.1 Å². The lowest BCUT2D eigenvalue weighted by Gasteiger charge is -2.36. The number of nitrogens with one attached hydrogen (secondary N) is 1. The maximum absolute atomic E-state index is 14.1. The largest absolute Gasteiger partial charge is 0.494 e. The molecule has 4 heterocycles. The van der Waals surface area contributed by atoms with Crippen molar-refractivity contribution >= 4 is 46.4 Å². The lowest BCUT2D eigenvalue weighted by molar-refractivity contribution is -0.384. The molecular formula is C24H21ClN4O6. The Kier molecular flexibility index (Phi) is 4.56. The first-order valence-corrected chi connectivity index (χ1v) is 11.7. The molecule has 0 aromatic heterocycles. The number of halogens is 1. The molecule has 4 aliphatic heterocycles. The summed E-state index contributed by atoms with van der Waals surface area (Å²) in [5, 5.41) is 14.5. The number of ether oxygens (including phenoxy) is 1. The summed E-state index contributed by atoms with van der Waals surface area (Å²) in [6.45, 7) is 2.45. The predicted octanol–water partition coefficient (Wildman–Crippen LogP) is 3.00. The van der Waals surface area contributed by atoms with E-state index in [2.05, 4.69) is 5.32 Å². The van der Waals surface area contributed by atoms with Crippen molar-refractivity contribution in [1.82, 2.24) is 4.90 Å². The highest BCUT2D eigenvalue weighted by atomic mass is 35.5. The summed E-state index contributed by atoms with van der Waals surface area (Å²) >= 11 is 6.49. The van der Waals surface area contributed by atoms with Gasteiger partial charge in [-0.2, -0.15) is 0 Å². The van der Waals surface area contributed by atoms with Crippen LogP contribution in [0.4, 0.5) is 17.1 Å². The number of amides is 3. The molecule has 4 atom stereocenters. The topological polar surface area (TPSA) is 122 Å². The highest BCUT2D eigenvalue weighted by Gasteiger charge is 2.75. The highest BCUT2D eigenvalue weighted by Crippen LogP contribution is 2.61. The summed E-state index contributed by atoms with van der Waals surface area (Å²) < 4.78 is 5.32. The van der Waals surface area contributed by atoms with Gasteiger partial charge in [-0.1, -0.05) is 17.7 Å². The Morgan fingerprint density at radius 2 is 1.97 bits per heavy atom. The number of fused-ring (bicyclic) bond motifs is 7. The number of nitro benzene ring substituents is 1. The molecule has 180 valence electrons. The molecule has 0 saturated carbocycles. The minimum absolute atomic E-state index is 0.0355. The number of carbonyl (C=O) groups excluding carboxylic acids is 3. The van der Waals surface area contributed by atoms with Gasteiger partial charge in [0.2, 0.25) is 11.8 Å². The van der Waals surface area contributed by atoms with Crippen molar-refractivity contribution < 1.29 is 24.0 Å². The Morgan fingerprint density at radius 1 is 1.20 bits per heavy atom. The molecule has 2 aromatic carbocycles. The number of nitro groups is 1. The average Bonchev–Trinajstić information content (AvgIpc) is 3.52. The third kappa shape index (κ3) is 2.61. The van der Waals surface area contributed by atoms with Crippen molar-refractivity contribution in [2.24, 2.45) is 11.8 Å². The Bertz CT molecular complexity index is 1360. The molecule has 10 nitrogen and oxygen atoms in total. The van der Waals surface area contributed by atoms with Gasteiger partial charge in [-0.05, 0) is 44.0 Å². The molecule has 3 amide bonds. The first-order valence-electron chi connectivity index (χ1n) is 11.3. The Balaban J connectivity index is 1.55. The number of carbonyl (C=O) groups is 3. The van der Waals surface area contributed by atoms with Crippen LogP contribution in [0, 0.1) is 28.9 Å². The standard InChI is InChI=1S/C24H21ClN4O6/c1-11-8-13-20(14(25)9-11)26-23(32)24(13)19-18(16-4-3-7-27(16)24)21(30)28(22(19)31)15-6-5-12(29(33)34)10-17(15)35-2/h5-6,8-10,16,18-19H,3-4,7H2,1-2H3,(H,26,32)/t16-,18-,19+,24+/m1/s1. The zero-order valence-electron chi connectivity index (χ0n) is 18.9. The fourth-order valence-corrected chi connectivity index (χ4v) is 6.92. The van der Waals surface area contributed by atoms with E-state index in [1.54, 1.807) is 6.07 Å². The molecule has 1 spiro atoms. The molecule has 11 heteroatoms. The normalized spacial score (nSPS) is 28.9. The summed E-state index contributed by atoms with van der Waals surface area (Å²) in [6, 6.07) is 7.08. The molecule has 0 unspecified atom stereocenters. The summed E-state index contributed by atoms with van der Waals surface area (Å²) in [6.07, 6.45) is 1.47. The molecular weight excluding hydrogens is 476 g/mol. The van der Waals surface area contributed by atoms with E-state index in [0.29, 0.717) is 29.2 Å². The van der Waals surface area contributed by atoms with E-state index in [9.17, 15) is 24.5 Å². The van der Waals surface area contributed by atoms with Crippen molar-refractivity contribution in [2.75, 3.05) is 23.9 Å². The van der Waals surface area contributed by atoms with Gasteiger partial charge in [-0.25, -0.2) is 4.90 Å². The monoisotopic (exact) mass is 496 g/mol. The van der Waals surface area contributed by atoms with Gasteiger partial charge in [0.15, 0.2) is 0 Å². The average molecular weight is 497 g/mol. The van der Waals surface area contributed by atoms with Gasteiger partial charge in [0.1, 0.15) is 11.3 Å². The van der Waals surface area contributed by atoms with Crippen LogP contribution in [0.3, 0.4) is 0 Å². The Labute approximate surface area is 204 Å². The minimum atomic E-state index is -1.35. The molecule has 1 N–H and O–H groups in total. The van der Waals surface area contributed by atoms with Crippen LogP contribution < -0.4 is 15.0 Å². The summed E-state index contributed by atoms with van der Waals surface area (Å²) in [4.78, 5) is 55.4. The van der Waals surface area contributed by atoms with Gasteiger partial charge in [0.05, 0.1) is 46.3 Å². The number of hydrogen-bond acceptors (Lipinski definition) is 7. The molecule has 4 aliphatic rings. The lowest BCUT2D eigenvalue weighted by Crippen LogP contribution is -2.54. The fraction of sp³-hybridized carbons (Fsp3) is 0.375. The van der Waals surface area contributed by atoms with Crippen LogP contribution in [0.25, 0.3) is 0 Å². The van der Waals surface area contributed by atoms with Crippen LogP contribution >= 0.6 is 11.6 Å². The number of aryl methyl sites for hydroxylation is 1. The van der Waals surface area contributed by atoms with Crippen molar-refractivity contribution in [1.29, 1.82) is 0 Å². The van der Waals surface area contributed by atoms with Crippen LogP contribution in [0.2, 0.25) is 5.02 Å². The van der Waals surface area contributed by atoms with Gasteiger partial charge in [-0.15, -0.1) is 0 Å². The van der Waals surface area contributed by atoms with E-state index in [1.165, 1.54) is 25.3 Å². The first-order chi connectivity index (χ1) is 16.7. The van der Waals surface area contributed by atoms with E-state index in [-0.39, 0.29) is 29.1 Å². The Morgan fingerprint density at radius 3 is 2.69 bits per heavy atom. The second-order valence-corrected chi connectivity index (χ2v) is 9.83. The molecule has 35 heavy (non-hydrogen) atoms. The van der Waals surface area contributed by atoms with Crippen LogP contribution in [-0.4, -0.2) is 47.2 Å². The molecule has 0 bridgehead atoms. The van der Waals surface area contributed by atoms with Gasteiger partial charge in [-0.3, -0.25) is 29.4 Å². The number of imide groups is 1. The van der Waals surface area contributed by atoms with E-state index >= 15 is 0 Å². The van der Waals surface area contributed by atoms with Crippen LogP contribution in [0.1, 0.15) is 24.0 Å². The van der Waals surface area contributed by atoms with Gasteiger partial charge in [0.25, 0.3) is 11.6 Å². The van der Waals surface area contributed by atoms with E-state index in [0.717, 1.165) is 16.9 Å². The summed E-state index contributed by atoms with van der Waals surface area (Å²) in [5.74, 6) is -2.98. The van der Waals surface area contributed by atoms with Crippen molar-refractivity contribution in [3.05, 3.63) is 56.6 Å². The molecule has 2 aromatic rings. The quantitative estimate of drug-likeness (QED) is 0.393. The number of rotatable bonds is 3. The molecule has 3 saturated heterocycles. The maximum atomic E-state index is 14.1. The van der Waals surface area contributed by atoms with Crippen molar-refractivity contribution in [3.63, 3.8) is 0 Å². The van der Waals surface area contributed by atoms with Crippen molar-refractivity contribution in [3.8, 4) is 5.75 Å². The van der Waals surface area contributed by atoms with Gasteiger partial charge in [0, 0.05) is 17.7 Å². The number of methoxy groups -OCH3 is 1. The number of nitrogens with zero attached hydrogens (tertiary/aromatic N) is 3. The fourth-order valence-electron chi connectivity index (χ4n) is 6.60. The maximum Gasteiger partial charge on any atom is 0.273 e. The van der Waals surface area contributed by atoms with Gasteiger partial charge >= 0.3 is 0 Å². The van der Waals surface area contributed by atoms with E-state index < -0.39 is 34.1 Å². The third-order valence-electron chi connectivity index (χ3n) is 7.81. The molecule has 0 radical (unpaired) electrons. The first kappa shape index (κ1) is 22.0. The molecule has 3 fully saturated rings. The van der Waals surface area contributed by atoms with Crippen LogP contribution in [0.5, 0.6) is 5.75 Å². The second kappa shape index (κ2) is 7.25. The number of non-ortho nitro benzene ring substituents is 1. The van der Waals surface area contributed by atoms with Crippen LogP contribution in [-0.2, 0) is 19.9 Å². The molecule has 0 aliphatic carbocycles. The molecule has 6 rings (SSSR count). The van der Waals surface area contributed by atoms with Crippen LogP contribution in [0.15, 0.2) is 30.3 Å². The minimum Gasteiger partial charge on any atom is -0.494 e. The SMILES string of the molecule is COc1cc([N+](=O)[O-])ccc1N1C(=O)[C@@H]2[C@H]3CCCN3[C@]3(C(=O)Nc4c(Cl)cc(C)cc43)[C@@H]2C1=O. The van der Waals surface area contributed by atoms with E-state index in [1.807, 2.05) is 17.9 Å². The number of anilines is 2. The van der Waals surface area contributed by atoms with Crippen molar-refractivity contribution in [2.45, 2.75) is 31.3 Å². The lowest BCUT2D eigenvalue weighted by atomic mass is 9.75. The summed E-state index contributed by atoms with van der Waals surface area (Å²) in [7, 11) is 1.32. The third-order valence-corrected chi connectivity index (χ3v) is 8.11. The zero-order chi connectivity index (χ0) is 24.8. The Hall–Kier alpha value is -3.50. The number of benzene rings is 2. The summed E-state index contributed by atoms with van der Waals surface area (Å²) in [5.41, 5.74) is 0.479. The second-order valence-electron chi connectivity index (χ2n) is 9.42. The smallest absolute Gasteiger partial charge is 0.273 e. The van der Waals surface area contributed by atoms with E-state index in [4.69, 9.17) is 16.3 Å².